The Kier molecular flexibility index (Phi) is 6.44. The minimum atomic E-state index is -0.154. The number of thioether (sulfide) groups is 1. The van der Waals surface area contributed by atoms with Crippen LogP contribution in [0.3, 0.4) is 0 Å². The van der Waals surface area contributed by atoms with Gasteiger partial charge in [-0.2, -0.15) is 5.10 Å². The highest BCUT2D eigenvalue weighted by Crippen LogP contribution is 2.23. The summed E-state index contributed by atoms with van der Waals surface area (Å²) in [5.41, 5.74) is 6.66. The third kappa shape index (κ3) is 5.08. The molecule has 3 aromatic rings. The van der Waals surface area contributed by atoms with Gasteiger partial charge in [0.15, 0.2) is 5.16 Å². The number of carbonyl (C=O) groups is 1. The second kappa shape index (κ2) is 9.19. The van der Waals surface area contributed by atoms with E-state index in [2.05, 4.69) is 27.0 Å². The second-order valence-electron chi connectivity index (χ2n) is 6.01. The summed E-state index contributed by atoms with van der Waals surface area (Å²) in [5, 5.41) is 4.88. The first-order valence-electron chi connectivity index (χ1n) is 8.80. The SMILES string of the molecule is CCn1c(SCC(=O)N/N=C/C(C)=C/c2ccccc2)nc2ccccc21. The molecule has 2 aromatic carbocycles. The van der Waals surface area contributed by atoms with Crippen molar-refractivity contribution in [2.45, 2.75) is 25.5 Å². The van der Waals surface area contributed by atoms with E-state index in [0.29, 0.717) is 0 Å². The van der Waals surface area contributed by atoms with Crippen molar-refractivity contribution >= 4 is 41.0 Å². The van der Waals surface area contributed by atoms with Gasteiger partial charge in [-0.1, -0.05) is 60.3 Å². The molecule has 5 nitrogen and oxygen atoms in total. The number of aryl methyl sites for hydroxylation is 1. The molecule has 1 aromatic heterocycles. The molecular formula is C21H22N4OS. The third-order valence-corrected chi connectivity index (χ3v) is 4.90. The second-order valence-corrected chi connectivity index (χ2v) is 6.95. The Morgan fingerprint density at radius 1 is 1.19 bits per heavy atom. The first-order valence-corrected chi connectivity index (χ1v) is 9.79. The van der Waals surface area contributed by atoms with Crippen LogP contribution in [-0.4, -0.2) is 27.4 Å². The minimum Gasteiger partial charge on any atom is -0.319 e. The molecule has 0 saturated carbocycles. The van der Waals surface area contributed by atoms with E-state index in [0.717, 1.165) is 33.9 Å². The molecule has 0 fully saturated rings. The average molecular weight is 379 g/mol. The summed E-state index contributed by atoms with van der Waals surface area (Å²) in [6.07, 6.45) is 3.66. The Hall–Kier alpha value is -2.86. The number of carbonyl (C=O) groups excluding carboxylic acids is 1. The standard InChI is InChI=1S/C21H22N4OS/c1-3-25-19-12-8-7-11-18(19)23-21(25)27-15-20(26)24-22-14-16(2)13-17-9-5-4-6-10-17/h4-14H,3,15H2,1-2H3,(H,24,26)/b16-13+,22-14+. The lowest BCUT2D eigenvalue weighted by Gasteiger charge is -2.04. The van der Waals surface area contributed by atoms with Crippen molar-refractivity contribution in [3.63, 3.8) is 0 Å². The van der Waals surface area contributed by atoms with Gasteiger partial charge < -0.3 is 4.57 Å². The maximum Gasteiger partial charge on any atom is 0.250 e. The van der Waals surface area contributed by atoms with Crippen molar-refractivity contribution in [2.24, 2.45) is 5.10 Å². The number of nitrogens with zero attached hydrogens (tertiary/aromatic N) is 3. The highest BCUT2D eigenvalue weighted by molar-refractivity contribution is 7.99. The number of aromatic nitrogens is 2. The topological polar surface area (TPSA) is 59.3 Å². The predicted octanol–water partition coefficient (Wildman–Crippen LogP) is 4.35. The van der Waals surface area contributed by atoms with Crippen LogP contribution in [0.25, 0.3) is 17.1 Å². The van der Waals surface area contributed by atoms with E-state index in [1.165, 1.54) is 11.8 Å². The van der Waals surface area contributed by atoms with E-state index < -0.39 is 0 Å². The molecule has 138 valence electrons. The van der Waals surface area contributed by atoms with Crippen LogP contribution in [0.5, 0.6) is 0 Å². The van der Waals surface area contributed by atoms with Crippen molar-refractivity contribution in [1.29, 1.82) is 0 Å². The van der Waals surface area contributed by atoms with Crippen LogP contribution in [0, 0.1) is 0 Å². The first kappa shape index (κ1) is 18.9. The Balaban J connectivity index is 1.55. The van der Waals surface area contributed by atoms with Crippen LogP contribution in [0.4, 0.5) is 0 Å². The first-order chi connectivity index (χ1) is 13.2. The minimum absolute atomic E-state index is 0.154. The number of rotatable bonds is 7. The molecule has 0 unspecified atom stereocenters. The zero-order chi connectivity index (χ0) is 19.1. The molecule has 0 radical (unpaired) electrons. The fourth-order valence-corrected chi connectivity index (χ4v) is 3.56. The number of hydrazone groups is 1. The molecule has 1 N–H and O–H groups in total. The van der Waals surface area contributed by atoms with Gasteiger partial charge in [0.05, 0.1) is 23.0 Å². The number of para-hydroxylation sites is 2. The number of imidazole rings is 1. The summed E-state index contributed by atoms with van der Waals surface area (Å²) in [7, 11) is 0. The number of hydrogen-bond donors (Lipinski definition) is 1. The molecule has 0 aliphatic heterocycles. The summed E-state index contributed by atoms with van der Waals surface area (Å²) in [4.78, 5) is 16.7. The summed E-state index contributed by atoms with van der Waals surface area (Å²) < 4.78 is 2.11. The maximum absolute atomic E-state index is 12.1. The van der Waals surface area contributed by atoms with Crippen LogP contribution >= 0.6 is 11.8 Å². The maximum atomic E-state index is 12.1. The molecule has 0 bridgehead atoms. The molecule has 27 heavy (non-hydrogen) atoms. The molecule has 0 spiro atoms. The van der Waals surface area contributed by atoms with Gasteiger partial charge in [-0.25, -0.2) is 10.4 Å². The van der Waals surface area contributed by atoms with Gasteiger partial charge in [0, 0.05) is 6.54 Å². The van der Waals surface area contributed by atoms with E-state index >= 15 is 0 Å². The van der Waals surface area contributed by atoms with Crippen molar-refractivity contribution in [1.82, 2.24) is 15.0 Å². The zero-order valence-electron chi connectivity index (χ0n) is 15.4. The van der Waals surface area contributed by atoms with Crippen LogP contribution in [0.1, 0.15) is 19.4 Å². The summed E-state index contributed by atoms with van der Waals surface area (Å²) in [6.45, 7) is 4.83. The van der Waals surface area contributed by atoms with E-state index in [-0.39, 0.29) is 11.7 Å². The van der Waals surface area contributed by atoms with E-state index in [1.54, 1.807) is 6.21 Å². The number of nitrogens with one attached hydrogen (secondary N) is 1. The lowest BCUT2D eigenvalue weighted by molar-refractivity contribution is -0.118. The van der Waals surface area contributed by atoms with E-state index in [4.69, 9.17) is 0 Å². The molecule has 0 saturated heterocycles. The summed E-state index contributed by atoms with van der Waals surface area (Å²) in [5.74, 6) is 0.112. The fraction of sp³-hybridized carbons (Fsp3) is 0.190. The lowest BCUT2D eigenvalue weighted by atomic mass is 10.1. The number of amides is 1. The molecule has 6 heteroatoms. The molecule has 3 rings (SSSR count). The van der Waals surface area contributed by atoms with Crippen molar-refractivity contribution in [3.8, 4) is 0 Å². The summed E-state index contributed by atoms with van der Waals surface area (Å²) >= 11 is 1.42. The predicted molar refractivity (Wildman–Crippen MR) is 113 cm³/mol. The van der Waals surface area contributed by atoms with Crippen LogP contribution < -0.4 is 5.43 Å². The largest absolute Gasteiger partial charge is 0.319 e. The molecule has 0 atom stereocenters. The van der Waals surface area contributed by atoms with Crippen LogP contribution in [0.15, 0.2) is 70.4 Å². The molecule has 0 aliphatic rings. The number of hydrogen-bond acceptors (Lipinski definition) is 4. The molecular weight excluding hydrogens is 356 g/mol. The Bertz CT molecular complexity index is 976. The number of benzene rings is 2. The Morgan fingerprint density at radius 2 is 1.93 bits per heavy atom. The normalized spacial score (nSPS) is 12.0. The molecule has 1 heterocycles. The quantitative estimate of drug-likeness (QED) is 0.378. The monoisotopic (exact) mass is 378 g/mol. The van der Waals surface area contributed by atoms with E-state index in [1.807, 2.05) is 67.6 Å². The van der Waals surface area contributed by atoms with Crippen molar-refractivity contribution in [3.05, 3.63) is 65.7 Å². The van der Waals surface area contributed by atoms with Gasteiger partial charge in [0.25, 0.3) is 5.91 Å². The highest BCUT2D eigenvalue weighted by Gasteiger charge is 2.11. The van der Waals surface area contributed by atoms with Gasteiger partial charge in [-0.3, -0.25) is 4.79 Å². The Labute approximate surface area is 163 Å². The van der Waals surface area contributed by atoms with Crippen molar-refractivity contribution < 1.29 is 4.79 Å². The van der Waals surface area contributed by atoms with Crippen LogP contribution in [0.2, 0.25) is 0 Å². The smallest absolute Gasteiger partial charge is 0.250 e. The van der Waals surface area contributed by atoms with Gasteiger partial charge in [0.1, 0.15) is 0 Å². The molecule has 1 amide bonds. The lowest BCUT2D eigenvalue weighted by Crippen LogP contribution is -2.20. The van der Waals surface area contributed by atoms with Crippen molar-refractivity contribution in [2.75, 3.05) is 5.75 Å². The van der Waals surface area contributed by atoms with Crippen LogP contribution in [-0.2, 0) is 11.3 Å². The summed E-state index contributed by atoms with van der Waals surface area (Å²) in [6, 6.07) is 18.0. The molecule has 0 aliphatic carbocycles. The van der Waals surface area contributed by atoms with Gasteiger partial charge in [0.2, 0.25) is 0 Å². The highest BCUT2D eigenvalue weighted by atomic mass is 32.2. The van der Waals surface area contributed by atoms with Gasteiger partial charge in [-0.15, -0.1) is 0 Å². The number of fused-ring (bicyclic) bond motifs is 1. The van der Waals surface area contributed by atoms with E-state index in [9.17, 15) is 4.79 Å². The Morgan fingerprint density at radius 3 is 2.70 bits per heavy atom. The average Bonchev–Trinajstić information content (AvgIpc) is 3.04. The fourth-order valence-electron chi connectivity index (χ4n) is 2.69. The van der Waals surface area contributed by atoms with Gasteiger partial charge in [-0.05, 0) is 37.1 Å². The van der Waals surface area contributed by atoms with Gasteiger partial charge >= 0.3 is 0 Å². The third-order valence-electron chi connectivity index (χ3n) is 3.92. The zero-order valence-corrected chi connectivity index (χ0v) is 16.2. The number of allylic oxidation sites excluding steroid dienone is 1.